The van der Waals surface area contributed by atoms with Gasteiger partial charge in [-0.15, -0.1) is 0 Å². The summed E-state index contributed by atoms with van der Waals surface area (Å²) >= 11 is -0.319. The van der Waals surface area contributed by atoms with Crippen LogP contribution in [-0.4, -0.2) is 42.2 Å². The second-order valence-corrected chi connectivity index (χ2v) is 5.17. The first-order valence-corrected chi connectivity index (χ1v) is 5.46. The summed E-state index contributed by atoms with van der Waals surface area (Å²) in [5.41, 5.74) is 0. The fraction of sp³-hybridized carbons (Fsp3) is 0.857. The van der Waals surface area contributed by atoms with Gasteiger partial charge in [0.05, 0.1) is 0 Å². The minimum atomic E-state index is -0.646. The van der Waals surface area contributed by atoms with E-state index in [0.29, 0.717) is 0 Å². The van der Waals surface area contributed by atoms with E-state index in [4.69, 9.17) is 5.11 Å². The molecule has 0 unspecified atom stereocenters. The van der Waals surface area contributed by atoms with E-state index >= 15 is 0 Å². The van der Waals surface area contributed by atoms with E-state index in [9.17, 15) is 4.79 Å². The van der Waals surface area contributed by atoms with Crippen LogP contribution in [0.2, 0.25) is 0 Å². The molecule has 0 aromatic carbocycles. The molecule has 1 aliphatic heterocycles. The van der Waals surface area contributed by atoms with Gasteiger partial charge < -0.3 is 0 Å². The first-order chi connectivity index (χ1) is 5.18. The standard InChI is InChI=1S/C7H13NO2Se/c1-6-2-4-8(5-3-6)11-7(9)10/h6H,2-5H2,1H3,(H,9,10). The van der Waals surface area contributed by atoms with Gasteiger partial charge in [-0.1, -0.05) is 0 Å². The molecule has 1 saturated heterocycles. The van der Waals surface area contributed by atoms with Crippen molar-refractivity contribution in [3.05, 3.63) is 0 Å². The summed E-state index contributed by atoms with van der Waals surface area (Å²) in [5, 5.41) is 8.52. The number of carboxylic acid groups (broad SMARTS) is 1. The Bertz CT molecular complexity index is 143. The third-order valence-electron chi connectivity index (χ3n) is 1.95. The molecule has 0 bridgehead atoms. The molecule has 0 saturated carbocycles. The Balaban J connectivity index is 2.22. The van der Waals surface area contributed by atoms with Crippen LogP contribution in [0.1, 0.15) is 19.8 Å². The van der Waals surface area contributed by atoms with Gasteiger partial charge in [0.25, 0.3) is 0 Å². The van der Waals surface area contributed by atoms with Crippen molar-refractivity contribution in [3.63, 3.8) is 0 Å². The zero-order chi connectivity index (χ0) is 8.27. The average Bonchev–Trinajstić information content (AvgIpc) is 1.93. The van der Waals surface area contributed by atoms with Crippen LogP contribution >= 0.6 is 0 Å². The van der Waals surface area contributed by atoms with Gasteiger partial charge in [-0.2, -0.15) is 0 Å². The Kier molecular flexibility index (Phi) is 3.37. The number of hydrogen-bond donors (Lipinski definition) is 1. The molecular formula is C7H13NO2Se. The molecular weight excluding hydrogens is 209 g/mol. The third-order valence-corrected chi connectivity index (χ3v) is 3.59. The molecule has 1 fully saturated rings. The van der Waals surface area contributed by atoms with Gasteiger partial charge in [-0.3, -0.25) is 0 Å². The molecule has 0 aromatic rings. The molecule has 11 heavy (non-hydrogen) atoms. The van der Waals surface area contributed by atoms with E-state index in [-0.39, 0.29) is 15.2 Å². The van der Waals surface area contributed by atoms with Gasteiger partial charge in [-0.25, -0.2) is 0 Å². The number of rotatable bonds is 2. The van der Waals surface area contributed by atoms with Gasteiger partial charge in [0, 0.05) is 0 Å². The Morgan fingerprint density at radius 2 is 2.09 bits per heavy atom. The van der Waals surface area contributed by atoms with E-state index in [2.05, 4.69) is 10.8 Å². The van der Waals surface area contributed by atoms with Crippen LogP contribution in [0.5, 0.6) is 0 Å². The summed E-state index contributed by atoms with van der Waals surface area (Å²) in [6.07, 6.45) is 2.32. The van der Waals surface area contributed by atoms with E-state index < -0.39 is 4.87 Å². The molecule has 0 atom stereocenters. The zero-order valence-corrected chi connectivity index (χ0v) is 8.33. The van der Waals surface area contributed by atoms with Gasteiger partial charge in [0.1, 0.15) is 0 Å². The first-order valence-electron chi connectivity index (χ1n) is 3.84. The normalized spacial score (nSPS) is 21.9. The van der Waals surface area contributed by atoms with Crippen molar-refractivity contribution >= 4 is 20.0 Å². The predicted molar refractivity (Wildman–Crippen MR) is 43.7 cm³/mol. The minimum absolute atomic E-state index is 0.319. The Morgan fingerprint density at radius 1 is 1.55 bits per heavy atom. The molecule has 1 aliphatic rings. The van der Waals surface area contributed by atoms with Crippen LogP contribution in [0.25, 0.3) is 0 Å². The quantitative estimate of drug-likeness (QED) is 0.709. The van der Waals surface area contributed by atoms with Crippen molar-refractivity contribution in [3.8, 4) is 0 Å². The summed E-state index contributed by atoms with van der Waals surface area (Å²) in [5.74, 6) is 0.788. The summed E-state index contributed by atoms with van der Waals surface area (Å²) in [4.78, 5) is 9.69. The maximum absolute atomic E-state index is 10.3. The topological polar surface area (TPSA) is 40.5 Å². The first kappa shape index (κ1) is 9.04. The second kappa shape index (κ2) is 4.10. The predicted octanol–water partition coefficient (Wildman–Crippen LogP) is 1.02. The molecule has 0 radical (unpaired) electrons. The Labute approximate surface area is 73.1 Å². The van der Waals surface area contributed by atoms with Crippen molar-refractivity contribution in [1.82, 2.24) is 3.92 Å². The fourth-order valence-electron chi connectivity index (χ4n) is 1.19. The maximum atomic E-state index is 10.3. The van der Waals surface area contributed by atoms with Gasteiger partial charge in [-0.05, 0) is 0 Å². The molecule has 0 aliphatic carbocycles. The van der Waals surface area contributed by atoms with Crippen molar-refractivity contribution in [2.24, 2.45) is 5.92 Å². The average molecular weight is 222 g/mol. The molecule has 0 amide bonds. The molecule has 1 heterocycles. The van der Waals surface area contributed by atoms with Gasteiger partial charge in [0.15, 0.2) is 0 Å². The van der Waals surface area contributed by atoms with Crippen LogP contribution in [0.3, 0.4) is 0 Å². The van der Waals surface area contributed by atoms with Gasteiger partial charge in [0.2, 0.25) is 0 Å². The number of piperidine rings is 1. The van der Waals surface area contributed by atoms with Crippen LogP contribution in [0.15, 0.2) is 0 Å². The summed E-state index contributed by atoms with van der Waals surface area (Å²) in [6, 6.07) is 0. The van der Waals surface area contributed by atoms with E-state index in [1.165, 1.54) is 0 Å². The van der Waals surface area contributed by atoms with Crippen molar-refractivity contribution in [1.29, 1.82) is 0 Å². The molecule has 1 rings (SSSR count). The molecule has 64 valence electrons. The monoisotopic (exact) mass is 223 g/mol. The van der Waals surface area contributed by atoms with Crippen LogP contribution < -0.4 is 0 Å². The van der Waals surface area contributed by atoms with Gasteiger partial charge >= 0.3 is 72.6 Å². The second-order valence-electron chi connectivity index (χ2n) is 2.97. The Hall–Kier alpha value is -0.0505. The molecule has 4 heteroatoms. The molecule has 0 spiro atoms. The van der Waals surface area contributed by atoms with Crippen LogP contribution in [0.4, 0.5) is 4.79 Å². The summed E-state index contributed by atoms with van der Waals surface area (Å²) < 4.78 is 2.06. The molecule has 3 nitrogen and oxygen atoms in total. The van der Waals surface area contributed by atoms with E-state index in [0.717, 1.165) is 31.8 Å². The van der Waals surface area contributed by atoms with E-state index in [1.54, 1.807) is 0 Å². The van der Waals surface area contributed by atoms with Crippen LogP contribution in [-0.2, 0) is 0 Å². The summed E-state index contributed by atoms with van der Waals surface area (Å²) in [6.45, 7) is 4.19. The fourth-order valence-corrected chi connectivity index (χ4v) is 2.48. The van der Waals surface area contributed by atoms with Crippen molar-refractivity contribution in [2.75, 3.05) is 13.1 Å². The molecule has 1 N–H and O–H groups in total. The van der Waals surface area contributed by atoms with E-state index in [1.807, 2.05) is 0 Å². The Morgan fingerprint density at radius 3 is 2.55 bits per heavy atom. The SMILES string of the molecule is CC1CCN([Se]C(=O)O)CC1. The van der Waals surface area contributed by atoms with Crippen LogP contribution in [0, 0.1) is 5.92 Å². The van der Waals surface area contributed by atoms with Crippen molar-refractivity contribution in [2.45, 2.75) is 19.8 Å². The number of hydrogen-bond acceptors (Lipinski definition) is 2. The number of nitrogens with zero attached hydrogens (tertiary/aromatic N) is 1. The summed E-state index contributed by atoms with van der Waals surface area (Å²) in [7, 11) is 0. The molecule has 0 aromatic heterocycles. The zero-order valence-electron chi connectivity index (χ0n) is 6.62. The third kappa shape index (κ3) is 3.23. The van der Waals surface area contributed by atoms with Crippen molar-refractivity contribution < 1.29 is 9.90 Å². The number of carbonyl (C=O) groups is 1.